The molecule has 0 aliphatic carbocycles. The average Bonchev–Trinajstić information content (AvgIpc) is 3.24. The fraction of sp³-hybridized carbons (Fsp3) is 0.250. The van der Waals surface area contributed by atoms with Crippen molar-refractivity contribution in [3.8, 4) is 0 Å². The second-order valence-electron chi connectivity index (χ2n) is 5.49. The maximum atomic E-state index is 12.3. The molecule has 1 atom stereocenters. The highest BCUT2D eigenvalue weighted by Gasteiger charge is 2.19. The highest BCUT2D eigenvalue weighted by atomic mass is 16.2. The minimum Gasteiger partial charge on any atom is -0.328 e. The lowest BCUT2D eigenvalue weighted by atomic mass is 10.1. The molecule has 9 heteroatoms. The van der Waals surface area contributed by atoms with Crippen LogP contribution in [0.15, 0.2) is 47.5 Å². The zero-order chi connectivity index (χ0) is 17.6. The number of nitrogens with zero attached hydrogens (tertiary/aromatic N) is 3. The number of benzene rings is 1. The molecule has 1 aromatic carbocycles. The Morgan fingerprint density at radius 1 is 1.32 bits per heavy atom. The molecule has 0 aliphatic rings. The minimum atomic E-state index is -0.484. The predicted octanol–water partition coefficient (Wildman–Crippen LogP) is 1.42. The number of hydrogen-bond donors (Lipinski definition) is 4. The molecule has 0 saturated carbocycles. The molecule has 0 radical (unpaired) electrons. The van der Waals surface area contributed by atoms with Gasteiger partial charge in [-0.05, 0) is 12.5 Å². The standard InChI is InChI=1S/C16H19N7O2/c1-2-23-10-12(9-17-23)18-15(24)19-13(14-20-16(25)22-21-14)8-11-6-4-3-5-7-11/h3-7,9-10,13H,2,8H2,1H3,(H2,18,19,24)(H2,20,21,22,25). The normalized spacial score (nSPS) is 11.9. The van der Waals surface area contributed by atoms with Crippen LogP contribution in [0.1, 0.15) is 24.4 Å². The summed E-state index contributed by atoms with van der Waals surface area (Å²) in [6.45, 7) is 2.68. The maximum Gasteiger partial charge on any atom is 0.340 e. The van der Waals surface area contributed by atoms with E-state index in [0.29, 0.717) is 24.5 Å². The number of hydrogen-bond acceptors (Lipinski definition) is 4. The van der Waals surface area contributed by atoms with E-state index in [1.165, 1.54) is 0 Å². The molecule has 0 spiro atoms. The number of aromatic amines is 2. The second-order valence-corrected chi connectivity index (χ2v) is 5.49. The average molecular weight is 341 g/mol. The number of rotatable bonds is 6. The van der Waals surface area contributed by atoms with E-state index in [9.17, 15) is 9.59 Å². The molecule has 3 aromatic rings. The third-order valence-corrected chi connectivity index (χ3v) is 3.65. The topological polar surface area (TPSA) is 120 Å². The van der Waals surface area contributed by atoms with Crippen LogP contribution in [-0.2, 0) is 13.0 Å². The highest BCUT2D eigenvalue weighted by molar-refractivity contribution is 5.89. The summed E-state index contributed by atoms with van der Waals surface area (Å²) < 4.78 is 1.71. The molecular formula is C16H19N7O2. The van der Waals surface area contributed by atoms with Crippen molar-refractivity contribution in [1.29, 1.82) is 0 Å². The van der Waals surface area contributed by atoms with E-state index < -0.39 is 17.8 Å². The lowest BCUT2D eigenvalue weighted by Crippen LogP contribution is -2.34. The van der Waals surface area contributed by atoms with E-state index in [1.54, 1.807) is 17.1 Å². The Labute approximate surface area is 143 Å². The van der Waals surface area contributed by atoms with Gasteiger partial charge in [0.05, 0.1) is 17.9 Å². The first-order valence-corrected chi connectivity index (χ1v) is 7.92. The van der Waals surface area contributed by atoms with E-state index in [4.69, 9.17) is 0 Å². The smallest absolute Gasteiger partial charge is 0.328 e. The molecule has 130 valence electrons. The summed E-state index contributed by atoms with van der Waals surface area (Å²) in [4.78, 5) is 26.2. The van der Waals surface area contributed by atoms with Gasteiger partial charge in [0.1, 0.15) is 0 Å². The zero-order valence-electron chi connectivity index (χ0n) is 13.7. The van der Waals surface area contributed by atoms with Crippen molar-refractivity contribution in [1.82, 2.24) is 30.3 Å². The molecule has 2 amide bonds. The molecule has 4 N–H and O–H groups in total. The van der Waals surface area contributed by atoms with Crippen LogP contribution in [-0.4, -0.2) is 31.0 Å². The first-order valence-electron chi connectivity index (χ1n) is 7.92. The van der Waals surface area contributed by atoms with E-state index in [1.807, 2.05) is 37.3 Å². The predicted molar refractivity (Wildman–Crippen MR) is 92.2 cm³/mol. The largest absolute Gasteiger partial charge is 0.340 e. The van der Waals surface area contributed by atoms with Gasteiger partial charge >= 0.3 is 11.7 Å². The van der Waals surface area contributed by atoms with Crippen LogP contribution in [0, 0.1) is 0 Å². The van der Waals surface area contributed by atoms with Crippen molar-refractivity contribution in [2.24, 2.45) is 0 Å². The van der Waals surface area contributed by atoms with Gasteiger partial charge in [0, 0.05) is 19.2 Å². The molecule has 0 saturated heterocycles. The van der Waals surface area contributed by atoms with Gasteiger partial charge in [-0.1, -0.05) is 30.3 Å². The lowest BCUT2D eigenvalue weighted by Gasteiger charge is -2.16. The summed E-state index contributed by atoms with van der Waals surface area (Å²) in [5.74, 6) is 0.369. The number of aromatic nitrogens is 5. The Hall–Kier alpha value is -3.36. The molecular weight excluding hydrogens is 322 g/mol. The van der Waals surface area contributed by atoms with Gasteiger partial charge < -0.3 is 10.6 Å². The molecule has 25 heavy (non-hydrogen) atoms. The van der Waals surface area contributed by atoms with Crippen molar-refractivity contribution in [3.63, 3.8) is 0 Å². The highest BCUT2D eigenvalue weighted by Crippen LogP contribution is 2.14. The fourth-order valence-corrected chi connectivity index (χ4v) is 2.44. The third kappa shape index (κ3) is 4.34. The molecule has 0 aliphatic heterocycles. The van der Waals surface area contributed by atoms with Crippen LogP contribution in [0.4, 0.5) is 10.5 Å². The number of nitrogens with one attached hydrogen (secondary N) is 4. The van der Waals surface area contributed by atoms with Crippen LogP contribution in [0.5, 0.6) is 0 Å². The number of urea groups is 1. The van der Waals surface area contributed by atoms with Gasteiger partial charge in [-0.2, -0.15) is 10.2 Å². The number of amides is 2. The summed E-state index contributed by atoms with van der Waals surface area (Å²) in [5.41, 5.74) is 1.18. The Bertz CT molecular complexity index is 881. The quantitative estimate of drug-likeness (QED) is 0.542. The van der Waals surface area contributed by atoms with Crippen LogP contribution in [0.25, 0.3) is 0 Å². The van der Waals surface area contributed by atoms with E-state index in [-0.39, 0.29) is 0 Å². The van der Waals surface area contributed by atoms with Crippen molar-refractivity contribution < 1.29 is 4.79 Å². The van der Waals surface area contributed by atoms with Crippen molar-refractivity contribution in [3.05, 3.63) is 64.6 Å². The van der Waals surface area contributed by atoms with Crippen LogP contribution >= 0.6 is 0 Å². The first kappa shape index (κ1) is 16.5. The van der Waals surface area contributed by atoms with E-state index in [2.05, 4.69) is 30.9 Å². The van der Waals surface area contributed by atoms with Gasteiger partial charge in [-0.25, -0.2) is 14.7 Å². The third-order valence-electron chi connectivity index (χ3n) is 3.65. The summed E-state index contributed by atoms with van der Waals surface area (Å²) in [6, 6.07) is 8.76. The fourth-order valence-electron chi connectivity index (χ4n) is 2.44. The van der Waals surface area contributed by atoms with E-state index >= 15 is 0 Å². The molecule has 1 unspecified atom stereocenters. The lowest BCUT2D eigenvalue weighted by molar-refractivity contribution is 0.248. The van der Waals surface area contributed by atoms with Crippen LogP contribution in [0.3, 0.4) is 0 Å². The van der Waals surface area contributed by atoms with Gasteiger partial charge in [-0.3, -0.25) is 9.67 Å². The number of anilines is 1. The molecule has 2 aromatic heterocycles. The number of carbonyl (C=O) groups is 1. The maximum absolute atomic E-state index is 12.3. The first-order chi connectivity index (χ1) is 12.1. The van der Waals surface area contributed by atoms with Crippen molar-refractivity contribution in [2.45, 2.75) is 25.9 Å². The van der Waals surface area contributed by atoms with Gasteiger partial charge in [0.2, 0.25) is 0 Å². The van der Waals surface area contributed by atoms with Crippen LogP contribution in [0.2, 0.25) is 0 Å². The summed E-state index contributed by atoms with van der Waals surface area (Å²) in [6.07, 6.45) is 3.80. The monoisotopic (exact) mass is 341 g/mol. The summed E-state index contributed by atoms with van der Waals surface area (Å²) in [5, 5.41) is 15.9. The zero-order valence-corrected chi connectivity index (χ0v) is 13.7. The van der Waals surface area contributed by atoms with Gasteiger partial charge in [0.25, 0.3) is 0 Å². The Morgan fingerprint density at radius 2 is 2.12 bits per heavy atom. The molecule has 2 heterocycles. The molecule has 0 bridgehead atoms. The second kappa shape index (κ2) is 7.47. The van der Waals surface area contributed by atoms with Crippen molar-refractivity contribution in [2.75, 3.05) is 5.32 Å². The van der Waals surface area contributed by atoms with E-state index in [0.717, 1.165) is 5.56 Å². The number of carbonyl (C=O) groups excluding carboxylic acids is 1. The summed E-state index contributed by atoms with van der Waals surface area (Å²) >= 11 is 0. The molecule has 0 fully saturated rings. The van der Waals surface area contributed by atoms with Gasteiger partial charge in [-0.15, -0.1) is 0 Å². The Kier molecular flexibility index (Phi) is 4.93. The minimum absolute atomic E-state index is 0.369. The SMILES string of the molecule is CCn1cc(NC(=O)NC(Cc2ccccc2)c2n[nH]c(=O)[nH]2)cn1. The van der Waals surface area contributed by atoms with Crippen LogP contribution < -0.4 is 16.3 Å². The molecule has 3 rings (SSSR count). The number of H-pyrrole nitrogens is 2. The molecule has 9 nitrogen and oxygen atoms in total. The Morgan fingerprint density at radius 3 is 2.76 bits per heavy atom. The Balaban J connectivity index is 1.72. The van der Waals surface area contributed by atoms with Gasteiger partial charge in [0.15, 0.2) is 5.82 Å². The van der Waals surface area contributed by atoms with Crippen molar-refractivity contribution >= 4 is 11.7 Å². The summed E-state index contributed by atoms with van der Waals surface area (Å²) in [7, 11) is 0. The number of aryl methyl sites for hydroxylation is 1.